The number of hydrogen-bond acceptors (Lipinski definition) is 7. The van der Waals surface area contributed by atoms with Crippen molar-refractivity contribution in [3.8, 4) is 0 Å². The average molecular weight is 321 g/mol. The number of ether oxygens (including phenoxy) is 1. The smallest absolute Gasteiger partial charge is 0.260 e. The van der Waals surface area contributed by atoms with E-state index in [0.717, 1.165) is 41.8 Å². The Morgan fingerprint density at radius 1 is 1.36 bits per heavy atom. The molecule has 1 aliphatic heterocycles. The maximum atomic E-state index is 11.5. The Balaban J connectivity index is 2.14. The predicted octanol–water partition coefficient (Wildman–Crippen LogP) is 1.16. The van der Waals surface area contributed by atoms with Gasteiger partial charge in [-0.15, -0.1) is 11.3 Å². The number of hydrogen-bond donors (Lipinski definition) is 2. The zero-order valence-electron chi connectivity index (χ0n) is 12.5. The maximum absolute atomic E-state index is 11.5. The molecule has 0 spiro atoms. The number of anilines is 2. The molecule has 1 fully saturated rings. The van der Waals surface area contributed by atoms with Crippen LogP contribution in [0.1, 0.15) is 28.7 Å². The van der Waals surface area contributed by atoms with Crippen LogP contribution in [0.4, 0.5) is 11.6 Å². The average Bonchev–Trinajstić information content (AvgIpc) is 2.86. The zero-order chi connectivity index (χ0) is 15.7. The Bertz CT molecular complexity index is 709. The third-order valence-electron chi connectivity index (χ3n) is 3.66. The topological polar surface area (TPSA) is 107 Å². The molecule has 1 saturated heterocycles. The van der Waals surface area contributed by atoms with Crippen molar-refractivity contribution in [3.63, 3.8) is 0 Å². The second kappa shape index (κ2) is 6.05. The van der Waals surface area contributed by atoms with Crippen molar-refractivity contribution >= 4 is 39.1 Å². The lowest BCUT2D eigenvalue weighted by atomic mass is 10.1. The molecule has 0 aromatic carbocycles. The van der Waals surface area contributed by atoms with Crippen molar-refractivity contribution in [2.24, 2.45) is 5.73 Å². The number of thiophene rings is 1. The summed E-state index contributed by atoms with van der Waals surface area (Å²) in [7, 11) is 0. The van der Waals surface area contributed by atoms with E-state index in [9.17, 15) is 4.79 Å². The van der Waals surface area contributed by atoms with Gasteiger partial charge in [0.1, 0.15) is 9.71 Å². The molecule has 1 aliphatic rings. The van der Waals surface area contributed by atoms with E-state index in [2.05, 4.69) is 21.8 Å². The van der Waals surface area contributed by atoms with Gasteiger partial charge in [0.15, 0.2) is 0 Å². The lowest BCUT2D eigenvalue weighted by Gasteiger charge is -2.27. The molecule has 2 aromatic heterocycles. The van der Waals surface area contributed by atoms with Gasteiger partial charge < -0.3 is 21.1 Å². The first kappa shape index (κ1) is 15.0. The van der Waals surface area contributed by atoms with Crippen molar-refractivity contribution in [2.75, 3.05) is 36.9 Å². The molecule has 0 unspecified atom stereocenters. The van der Waals surface area contributed by atoms with E-state index in [0.29, 0.717) is 29.7 Å². The third-order valence-corrected chi connectivity index (χ3v) is 4.77. The van der Waals surface area contributed by atoms with Gasteiger partial charge in [-0.3, -0.25) is 4.79 Å². The fraction of sp³-hybridized carbons (Fsp3) is 0.500. The highest BCUT2D eigenvalue weighted by molar-refractivity contribution is 7.21. The number of amides is 1. The van der Waals surface area contributed by atoms with Gasteiger partial charge in [0.2, 0.25) is 5.95 Å². The molecule has 0 saturated carbocycles. The van der Waals surface area contributed by atoms with Gasteiger partial charge in [-0.1, -0.05) is 13.3 Å². The minimum atomic E-state index is -0.518. The zero-order valence-corrected chi connectivity index (χ0v) is 13.3. The highest BCUT2D eigenvalue weighted by Gasteiger charge is 2.22. The summed E-state index contributed by atoms with van der Waals surface area (Å²) in [6, 6.07) is 0. The lowest BCUT2D eigenvalue weighted by Crippen LogP contribution is -2.37. The van der Waals surface area contributed by atoms with E-state index in [4.69, 9.17) is 16.2 Å². The monoisotopic (exact) mass is 321 g/mol. The van der Waals surface area contributed by atoms with Crippen LogP contribution in [0.2, 0.25) is 0 Å². The molecule has 1 amide bonds. The molecule has 7 nitrogen and oxygen atoms in total. The van der Waals surface area contributed by atoms with E-state index in [-0.39, 0.29) is 0 Å². The molecular weight excluding hydrogens is 302 g/mol. The number of morpholine rings is 1. The SMILES string of the molecule is CCCc1nc(N2CCOCC2)nc2sc(C(N)=O)c(N)c12. The Kier molecular flexibility index (Phi) is 4.12. The summed E-state index contributed by atoms with van der Waals surface area (Å²) in [4.78, 5) is 24.0. The summed E-state index contributed by atoms with van der Waals surface area (Å²) in [6.07, 6.45) is 1.73. The van der Waals surface area contributed by atoms with Crippen LogP contribution in [0.5, 0.6) is 0 Å². The third kappa shape index (κ3) is 2.59. The van der Waals surface area contributed by atoms with Crippen LogP contribution in [0.15, 0.2) is 0 Å². The summed E-state index contributed by atoms with van der Waals surface area (Å²) in [6.45, 7) is 4.95. The van der Waals surface area contributed by atoms with Gasteiger partial charge in [-0.05, 0) is 6.42 Å². The highest BCUT2D eigenvalue weighted by atomic mass is 32.1. The maximum Gasteiger partial charge on any atom is 0.260 e. The normalized spacial score (nSPS) is 15.4. The van der Waals surface area contributed by atoms with Crippen molar-refractivity contribution < 1.29 is 9.53 Å². The number of nitrogens with zero attached hydrogens (tertiary/aromatic N) is 3. The Morgan fingerprint density at radius 3 is 2.73 bits per heavy atom. The Morgan fingerprint density at radius 2 is 2.09 bits per heavy atom. The molecule has 0 aliphatic carbocycles. The number of primary amides is 1. The lowest BCUT2D eigenvalue weighted by molar-refractivity contribution is 0.100. The number of aryl methyl sites for hydroxylation is 1. The molecule has 3 rings (SSSR count). The van der Waals surface area contributed by atoms with Gasteiger partial charge in [-0.25, -0.2) is 9.97 Å². The summed E-state index contributed by atoms with van der Waals surface area (Å²) >= 11 is 1.24. The van der Waals surface area contributed by atoms with Crippen LogP contribution in [-0.2, 0) is 11.2 Å². The molecule has 3 heterocycles. The molecular formula is C14H19N5O2S. The van der Waals surface area contributed by atoms with E-state index in [1.54, 1.807) is 0 Å². The van der Waals surface area contributed by atoms with Crippen LogP contribution in [0.25, 0.3) is 10.2 Å². The number of nitrogens with two attached hydrogens (primary N) is 2. The van der Waals surface area contributed by atoms with Gasteiger partial charge in [0, 0.05) is 13.1 Å². The minimum Gasteiger partial charge on any atom is -0.397 e. The second-order valence-electron chi connectivity index (χ2n) is 5.21. The number of carbonyl (C=O) groups is 1. The largest absolute Gasteiger partial charge is 0.397 e. The Hall–Kier alpha value is -1.93. The van der Waals surface area contributed by atoms with Gasteiger partial charge >= 0.3 is 0 Å². The Labute approximate surface area is 132 Å². The van der Waals surface area contributed by atoms with Gasteiger partial charge in [0.05, 0.1) is 30.0 Å². The minimum absolute atomic E-state index is 0.362. The van der Waals surface area contributed by atoms with Crippen molar-refractivity contribution in [1.82, 2.24) is 9.97 Å². The van der Waals surface area contributed by atoms with Crippen molar-refractivity contribution in [3.05, 3.63) is 10.6 Å². The van der Waals surface area contributed by atoms with Crippen molar-refractivity contribution in [1.29, 1.82) is 0 Å². The summed E-state index contributed by atoms with van der Waals surface area (Å²) in [5, 5.41) is 0.776. The molecule has 0 atom stereocenters. The molecule has 4 N–H and O–H groups in total. The first-order valence-electron chi connectivity index (χ1n) is 7.33. The number of carbonyl (C=O) groups excluding carboxylic acids is 1. The van der Waals surface area contributed by atoms with E-state index >= 15 is 0 Å². The van der Waals surface area contributed by atoms with Crippen LogP contribution in [0, 0.1) is 0 Å². The molecule has 0 bridgehead atoms. The number of nitrogen functional groups attached to an aromatic ring is 1. The van der Waals surface area contributed by atoms with Gasteiger partial charge in [-0.2, -0.15) is 0 Å². The molecule has 2 aromatic rings. The van der Waals surface area contributed by atoms with Crippen LogP contribution >= 0.6 is 11.3 Å². The number of aromatic nitrogens is 2. The first-order valence-corrected chi connectivity index (χ1v) is 8.14. The van der Waals surface area contributed by atoms with Crippen LogP contribution in [-0.4, -0.2) is 42.2 Å². The van der Waals surface area contributed by atoms with Crippen LogP contribution in [0.3, 0.4) is 0 Å². The fourth-order valence-electron chi connectivity index (χ4n) is 2.59. The summed E-state index contributed by atoms with van der Waals surface area (Å²) in [5.74, 6) is 0.160. The fourth-order valence-corrected chi connectivity index (χ4v) is 3.55. The molecule has 0 radical (unpaired) electrons. The first-order chi connectivity index (χ1) is 10.6. The second-order valence-corrected chi connectivity index (χ2v) is 6.21. The van der Waals surface area contributed by atoms with E-state index in [1.165, 1.54) is 11.3 Å². The molecule has 22 heavy (non-hydrogen) atoms. The van der Waals surface area contributed by atoms with Gasteiger partial charge in [0.25, 0.3) is 5.91 Å². The predicted molar refractivity (Wildman–Crippen MR) is 87.4 cm³/mol. The number of rotatable bonds is 4. The standard InChI is InChI=1S/C14H19N5O2S/c1-2-3-8-9-10(15)11(12(16)20)22-13(9)18-14(17-8)19-4-6-21-7-5-19/h2-7,15H2,1H3,(H2,16,20). The van der Waals surface area contributed by atoms with Crippen LogP contribution < -0.4 is 16.4 Å². The summed E-state index contributed by atoms with van der Waals surface area (Å²) in [5.41, 5.74) is 12.8. The van der Waals surface area contributed by atoms with E-state index < -0.39 is 5.91 Å². The van der Waals surface area contributed by atoms with E-state index in [1.807, 2.05) is 0 Å². The number of fused-ring (bicyclic) bond motifs is 1. The van der Waals surface area contributed by atoms with Crippen molar-refractivity contribution in [2.45, 2.75) is 19.8 Å². The quantitative estimate of drug-likeness (QED) is 0.875. The molecule has 8 heteroatoms. The summed E-state index contributed by atoms with van der Waals surface area (Å²) < 4.78 is 5.37. The highest BCUT2D eigenvalue weighted by Crippen LogP contribution is 2.35. The molecule has 118 valence electrons.